The third kappa shape index (κ3) is 6.22. The quantitative estimate of drug-likeness (QED) is 0.589. The summed E-state index contributed by atoms with van der Waals surface area (Å²) in [7, 11) is 1.57. The predicted molar refractivity (Wildman–Crippen MR) is 92.1 cm³/mol. The van der Waals surface area contributed by atoms with Crippen LogP contribution in [0.15, 0.2) is 11.8 Å². The number of ether oxygens (including phenoxy) is 2. The third-order valence-corrected chi connectivity index (χ3v) is 4.16. The van der Waals surface area contributed by atoms with Gasteiger partial charge in [-0.05, 0) is 26.7 Å². The van der Waals surface area contributed by atoms with Gasteiger partial charge >= 0.3 is 0 Å². The highest BCUT2D eigenvalue weighted by Crippen LogP contribution is 2.22. The highest BCUT2D eigenvalue weighted by molar-refractivity contribution is 6.04. The number of hydrogen-bond donors (Lipinski definition) is 3. The van der Waals surface area contributed by atoms with Gasteiger partial charge in [-0.1, -0.05) is 13.8 Å². The molecule has 1 aliphatic heterocycles. The van der Waals surface area contributed by atoms with E-state index in [1.165, 1.54) is 6.08 Å². The Labute approximate surface area is 144 Å². The molecule has 24 heavy (non-hydrogen) atoms. The average molecular weight is 341 g/mol. The van der Waals surface area contributed by atoms with Crippen LogP contribution in [-0.4, -0.2) is 50.3 Å². The van der Waals surface area contributed by atoms with E-state index in [1.807, 2.05) is 13.8 Å². The van der Waals surface area contributed by atoms with Crippen molar-refractivity contribution in [2.45, 2.75) is 52.1 Å². The molecule has 0 radical (unpaired) electrons. The Morgan fingerprint density at radius 1 is 1.25 bits per heavy atom. The highest BCUT2D eigenvalue weighted by atomic mass is 16.5. The van der Waals surface area contributed by atoms with Gasteiger partial charge in [0.1, 0.15) is 0 Å². The summed E-state index contributed by atoms with van der Waals surface area (Å²) >= 11 is 0. The van der Waals surface area contributed by atoms with E-state index in [4.69, 9.17) is 15.2 Å². The van der Waals surface area contributed by atoms with Crippen LogP contribution in [-0.2, 0) is 19.1 Å². The largest absolute Gasteiger partial charge is 0.401 e. The van der Waals surface area contributed by atoms with E-state index in [0.29, 0.717) is 25.5 Å². The van der Waals surface area contributed by atoms with Crippen LogP contribution in [0.2, 0.25) is 0 Å². The molecule has 1 heterocycles. The number of nitrogens with one attached hydrogen (secondary N) is 2. The predicted octanol–water partition coefficient (Wildman–Crippen LogP) is 0.692. The molecule has 0 saturated carbocycles. The molecule has 0 spiro atoms. The minimum absolute atomic E-state index is 0.204. The summed E-state index contributed by atoms with van der Waals surface area (Å²) in [5.74, 6) is -0.906. The van der Waals surface area contributed by atoms with Gasteiger partial charge in [0.15, 0.2) is 0 Å². The van der Waals surface area contributed by atoms with Crippen LogP contribution in [0.25, 0.3) is 0 Å². The van der Waals surface area contributed by atoms with E-state index in [-0.39, 0.29) is 11.9 Å². The van der Waals surface area contributed by atoms with E-state index in [0.717, 1.165) is 12.8 Å². The summed E-state index contributed by atoms with van der Waals surface area (Å²) < 4.78 is 10.4. The van der Waals surface area contributed by atoms with Gasteiger partial charge in [0.25, 0.3) is 5.91 Å². The van der Waals surface area contributed by atoms with Gasteiger partial charge in [-0.3, -0.25) is 14.9 Å². The molecular weight excluding hydrogens is 310 g/mol. The molecule has 0 aromatic carbocycles. The van der Waals surface area contributed by atoms with E-state index in [2.05, 4.69) is 10.6 Å². The van der Waals surface area contributed by atoms with Crippen molar-refractivity contribution >= 4 is 11.8 Å². The molecule has 1 fully saturated rings. The first-order chi connectivity index (χ1) is 11.1. The summed E-state index contributed by atoms with van der Waals surface area (Å²) in [5.41, 5.74) is 4.98. The zero-order chi connectivity index (χ0) is 18.4. The Kier molecular flexibility index (Phi) is 7.38. The van der Waals surface area contributed by atoms with Crippen molar-refractivity contribution in [3.63, 3.8) is 0 Å². The molecule has 0 bridgehead atoms. The topological polar surface area (TPSA) is 103 Å². The highest BCUT2D eigenvalue weighted by Gasteiger charge is 2.32. The number of hydrogen-bond acceptors (Lipinski definition) is 6. The monoisotopic (exact) mass is 341 g/mol. The maximum atomic E-state index is 12.4. The van der Waals surface area contributed by atoms with Gasteiger partial charge in [0.05, 0.1) is 12.1 Å². The summed E-state index contributed by atoms with van der Waals surface area (Å²) in [4.78, 5) is 24.5. The van der Waals surface area contributed by atoms with E-state index in [1.54, 1.807) is 21.0 Å². The van der Waals surface area contributed by atoms with Crippen LogP contribution in [0.4, 0.5) is 0 Å². The Morgan fingerprint density at radius 2 is 1.83 bits per heavy atom. The lowest BCUT2D eigenvalue weighted by molar-refractivity contribution is -0.132. The van der Waals surface area contributed by atoms with E-state index >= 15 is 0 Å². The standard InChI is InChI=1S/C17H31N3O4/c1-16(2,11-23-5)13(18)10-14(21)19-15(22)17(3,4)20-12-6-8-24-9-7-12/h10,12,20H,6-9,11,18H2,1-5H3,(H,19,21,22). The molecule has 0 aliphatic carbocycles. The Balaban J connectivity index is 2.62. The lowest BCUT2D eigenvalue weighted by Crippen LogP contribution is -2.57. The second-order valence-corrected chi connectivity index (χ2v) is 7.39. The molecule has 0 unspecified atom stereocenters. The molecule has 138 valence electrons. The number of carbonyl (C=O) groups excluding carboxylic acids is 2. The van der Waals surface area contributed by atoms with E-state index in [9.17, 15) is 9.59 Å². The van der Waals surface area contributed by atoms with Crippen molar-refractivity contribution in [1.29, 1.82) is 0 Å². The fourth-order valence-electron chi connectivity index (χ4n) is 2.50. The lowest BCUT2D eigenvalue weighted by Gasteiger charge is -2.32. The molecule has 0 atom stereocenters. The number of rotatable bonds is 7. The van der Waals surface area contributed by atoms with Crippen LogP contribution in [0, 0.1) is 5.41 Å². The summed E-state index contributed by atoms with van der Waals surface area (Å²) in [6.07, 6.45) is 2.95. The van der Waals surface area contributed by atoms with Gasteiger partial charge < -0.3 is 20.5 Å². The number of methoxy groups -OCH3 is 1. The summed E-state index contributed by atoms with van der Waals surface area (Å²) in [5, 5.41) is 5.67. The summed E-state index contributed by atoms with van der Waals surface area (Å²) in [6.45, 7) is 9.00. The summed E-state index contributed by atoms with van der Waals surface area (Å²) in [6, 6.07) is 0.204. The third-order valence-electron chi connectivity index (χ3n) is 4.16. The number of nitrogens with two attached hydrogens (primary N) is 1. The first kappa shape index (κ1) is 20.6. The van der Waals surface area contributed by atoms with Crippen molar-refractivity contribution < 1.29 is 19.1 Å². The van der Waals surface area contributed by atoms with E-state index < -0.39 is 16.9 Å². The Hall–Kier alpha value is -1.44. The molecule has 0 aromatic heterocycles. The Morgan fingerprint density at radius 3 is 2.38 bits per heavy atom. The molecule has 7 heteroatoms. The second-order valence-electron chi connectivity index (χ2n) is 7.39. The van der Waals surface area contributed by atoms with Gasteiger partial charge in [-0.2, -0.15) is 0 Å². The smallest absolute Gasteiger partial charge is 0.252 e. The molecular formula is C17H31N3O4. The Bertz CT molecular complexity index is 480. The maximum Gasteiger partial charge on any atom is 0.252 e. The molecule has 7 nitrogen and oxygen atoms in total. The maximum absolute atomic E-state index is 12.4. The van der Waals surface area contributed by atoms with Gasteiger partial charge in [0.2, 0.25) is 5.91 Å². The lowest BCUT2D eigenvalue weighted by atomic mass is 9.90. The normalized spacial score (nSPS) is 17.6. The molecule has 1 rings (SSSR count). The molecule has 1 saturated heterocycles. The van der Waals surface area contributed by atoms with Gasteiger partial charge in [0, 0.05) is 43.6 Å². The van der Waals surface area contributed by atoms with Crippen molar-refractivity contribution in [3.8, 4) is 0 Å². The molecule has 1 aliphatic rings. The van der Waals surface area contributed by atoms with Crippen molar-refractivity contribution in [2.75, 3.05) is 26.9 Å². The SMILES string of the molecule is COCC(C)(C)C(N)=CC(=O)NC(=O)C(C)(C)NC1CCOCC1. The minimum Gasteiger partial charge on any atom is -0.401 e. The van der Waals surface area contributed by atoms with Crippen LogP contribution in [0.1, 0.15) is 40.5 Å². The van der Waals surface area contributed by atoms with Crippen LogP contribution in [0.3, 0.4) is 0 Å². The first-order valence-electron chi connectivity index (χ1n) is 8.26. The fourth-order valence-corrected chi connectivity index (χ4v) is 2.50. The zero-order valence-electron chi connectivity index (χ0n) is 15.4. The fraction of sp³-hybridized carbons (Fsp3) is 0.765. The van der Waals surface area contributed by atoms with Gasteiger partial charge in [-0.15, -0.1) is 0 Å². The van der Waals surface area contributed by atoms with Crippen LogP contribution < -0.4 is 16.4 Å². The molecule has 4 N–H and O–H groups in total. The van der Waals surface area contributed by atoms with Crippen LogP contribution >= 0.6 is 0 Å². The minimum atomic E-state index is -0.859. The molecule has 2 amide bonds. The zero-order valence-corrected chi connectivity index (χ0v) is 15.4. The van der Waals surface area contributed by atoms with Gasteiger partial charge in [-0.25, -0.2) is 0 Å². The second kappa shape index (κ2) is 8.60. The van der Waals surface area contributed by atoms with Crippen molar-refractivity contribution in [1.82, 2.24) is 10.6 Å². The molecule has 0 aromatic rings. The number of amides is 2. The van der Waals surface area contributed by atoms with Crippen molar-refractivity contribution in [2.24, 2.45) is 11.1 Å². The average Bonchev–Trinajstić information content (AvgIpc) is 2.47. The van der Waals surface area contributed by atoms with Crippen molar-refractivity contribution in [3.05, 3.63) is 11.8 Å². The first-order valence-corrected chi connectivity index (χ1v) is 8.26. The number of imide groups is 1. The number of carbonyl (C=O) groups is 2. The van der Waals surface area contributed by atoms with Crippen LogP contribution in [0.5, 0.6) is 0 Å².